The van der Waals surface area contributed by atoms with Crippen molar-refractivity contribution in [3.8, 4) is 44.5 Å². The van der Waals surface area contributed by atoms with Crippen LogP contribution in [0.25, 0.3) is 44.5 Å². The Hall–Kier alpha value is -6.84. The van der Waals surface area contributed by atoms with Gasteiger partial charge in [-0.25, -0.2) is 0 Å². The van der Waals surface area contributed by atoms with Crippen LogP contribution in [0.2, 0.25) is 0 Å². The highest BCUT2D eigenvalue weighted by Gasteiger charge is 2.46. The quantitative estimate of drug-likeness (QED) is 0.127. The third kappa shape index (κ3) is 7.68. The van der Waals surface area contributed by atoms with Gasteiger partial charge in [-0.2, -0.15) is 52.7 Å². The van der Waals surface area contributed by atoms with Crippen LogP contribution in [0.5, 0.6) is 0 Å². The number of fused-ring (bicyclic) bond motifs is 8. The number of alkyl halides is 12. The van der Waals surface area contributed by atoms with Gasteiger partial charge in [0.15, 0.2) is 0 Å². The monoisotopic (exact) mass is 892 g/mol. The number of aromatic amines is 4. The van der Waals surface area contributed by atoms with Gasteiger partial charge in [-0.05, 0) is 22.3 Å². The summed E-state index contributed by atoms with van der Waals surface area (Å²) in [7, 11) is 0. The molecule has 0 fully saturated rings. The van der Waals surface area contributed by atoms with E-state index in [1.807, 2.05) is 0 Å². The molecule has 16 heteroatoms. The Morgan fingerprint density at radius 3 is 0.578 bits per heavy atom. The number of hydrogen-bond acceptors (Lipinski definition) is 0. The van der Waals surface area contributed by atoms with Crippen molar-refractivity contribution >= 4 is 0 Å². The van der Waals surface area contributed by atoms with E-state index < -0.39 is 118 Å². The Labute approximate surface area is 356 Å². The van der Waals surface area contributed by atoms with Gasteiger partial charge in [0.05, 0.1) is 22.3 Å². The second-order valence-electron chi connectivity index (χ2n) is 15.5. The summed E-state index contributed by atoms with van der Waals surface area (Å²) in [6.45, 7) is 0. The summed E-state index contributed by atoms with van der Waals surface area (Å²) < 4.78 is 187. The lowest BCUT2D eigenvalue weighted by Crippen LogP contribution is -2.11. The van der Waals surface area contributed by atoms with Gasteiger partial charge in [0.1, 0.15) is 0 Å². The maximum Gasteiger partial charge on any atom is 0.418 e. The average molecular weight is 893 g/mol. The summed E-state index contributed by atoms with van der Waals surface area (Å²) in [4.78, 5) is 10.8. The first kappa shape index (κ1) is 42.5. The summed E-state index contributed by atoms with van der Waals surface area (Å²) >= 11 is 0. The number of aromatic nitrogens is 4. The number of rotatable bonds is 4. The van der Waals surface area contributed by atoms with Gasteiger partial charge in [0, 0.05) is 93.5 Å². The minimum absolute atomic E-state index is 0.0536. The van der Waals surface area contributed by atoms with E-state index in [4.69, 9.17) is 0 Å². The van der Waals surface area contributed by atoms with Crippen LogP contribution in [0.3, 0.4) is 0 Å². The highest BCUT2D eigenvalue weighted by molar-refractivity contribution is 5.79. The molecule has 0 unspecified atom stereocenters. The fourth-order valence-electron chi connectivity index (χ4n) is 9.15. The van der Waals surface area contributed by atoms with Gasteiger partial charge in [0.2, 0.25) is 0 Å². The van der Waals surface area contributed by atoms with Crippen LogP contribution >= 0.6 is 0 Å². The van der Waals surface area contributed by atoms with E-state index in [0.717, 1.165) is 0 Å². The first-order valence-corrected chi connectivity index (χ1v) is 19.7. The molecule has 0 saturated carbocycles. The molecule has 64 heavy (non-hydrogen) atoms. The fourth-order valence-corrected chi connectivity index (χ4v) is 9.15. The molecule has 0 saturated heterocycles. The lowest BCUT2D eigenvalue weighted by atomic mass is 9.92. The SMILES string of the molecule is FC(F)(F)c1c2[nH]c(c1-c1ccccc1)Cc1[nH]c(c(-c3ccccc3)c1C(F)(F)F)Cc1[nH]c(c(-c3ccccc3)c1C(F)(F)F)Cc1[nH]c(c(-c3ccccc3)c1C(F)(F)F)C2. The van der Waals surface area contributed by atoms with E-state index >= 15 is 52.7 Å². The first-order valence-electron chi connectivity index (χ1n) is 19.7. The lowest BCUT2D eigenvalue weighted by Gasteiger charge is -2.15. The minimum Gasteiger partial charge on any atom is -0.361 e. The highest BCUT2D eigenvalue weighted by atomic mass is 19.4. The van der Waals surface area contributed by atoms with Gasteiger partial charge in [-0.1, -0.05) is 121 Å². The van der Waals surface area contributed by atoms with Crippen LogP contribution in [0.15, 0.2) is 121 Å². The van der Waals surface area contributed by atoms with Crippen LogP contribution in [-0.4, -0.2) is 19.9 Å². The predicted octanol–water partition coefficient (Wildman–Crippen LogP) is 14.4. The molecule has 8 bridgehead atoms. The molecule has 4 N–H and O–H groups in total. The second-order valence-corrected chi connectivity index (χ2v) is 15.5. The Bertz CT molecular complexity index is 2560. The van der Waals surface area contributed by atoms with Crippen LogP contribution in [0.4, 0.5) is 52.7 Å². The van der Waals surface area contributed by atoms with Crippen molar-refractivity contribution in [1.82, 2.24) is 19.9 Å². The van der Waals surface area contributed by atoms with Crippen LogP contribution in [-0.2, 0) is 50.4 Å². The molecule has 8 aromatic rings. The van der Waals surface area contributed by atoms with Crippen molar-refractivity contribution in [1.29, 1.82) is 0 Å². The molecule has 0 amide bonds. The summed E-state index contributed by atoms with van der Waals surface area (Å²) in [6, 6.07) is 28.1. The lowest BCUT2D eigenvalue weighted by molar-refractivity contribution is -0.138. The number of nitrogens with one attached hydrogen (secondary N) is 4. The van der Waals surface area contributed by atoms with Crippen LogP contribution in [0, 0.1) is 0 Å². The molecule has 4 nitrogen and oxygen atoms in total. The molecular formula is C48H32F12N4. The zero-order valence-corrected chi connectivity index (χ0v) is 32.9. The Morgan fingerprint density at radius 1 is 0.250 bits per heavy atom. The number of hydrogen-bond donors (Lipinski definition) is 4. The molecule has 0 aliphatic carbocycles. The van der Waals surface area contributed by atoms with E-state index in [-0.39, 0.29) is 45.0 Å². The summed E-state index contributed by atoms with van der Waals surface area (Å²) in [6.07, 6.45) is -24.3. The van der Waals surface area contributed by atoms with Crippen molar-refractivity contribution in [2.24, 2.45) is 0 Å². The summed E-state index contributed by atoms with van der Waals surface area (Å²) in [5, 5.41) is 0. The zero-order chi connectivity index (χ0) is 45.3. The highest BCUT2D eigenvalue weighted by Crippen LogP contribution is 2.50. The Kier molecular flexibility index (Phi) is 10.3. The van der Waals surface area contributed by atoms with Gasteiger partial charge in [-0.3, -0.25) is 0 Å². The van der Waals surface area contributed by atoms with E-state index in [0.29, 0.717) is 0 Å². The molecule has 0 atom stereocenters. The molecule has 0 spiro atoms. The van der Waals surface area contributed by atoms with Crippen LogP contribution < -0.4 is 0 Å². The summed E-state index contributed by atoms with van der Waals surface area (Å²) in [5.74, 6) is 0. The minimum atomic E-state index is -5.20. The average Bonchev–Trinajstić information content (AvgIpc) is 3.99. The molecule has 328 valence electrons. The maximum atomic E-state index is 15.6. The number of benzene rings is 4. The molecule has 4 aromatic carbocycles. The van der Waals surface area contributed by atoms with Crippen molar-refractivity contribution in [3.63, 3.8) is 0 Å². The standard InChI is InChI=1S/C48H32F12N4/c49-45(50,51)41-33-22-30-38(26-15-7-2-8-16-26)43(47(55,56)57)35(63-30)24-32-40(28-19-11-4-12-20-28)44(48(58,59)60)36(64-32)23-31-39(27-17-9-3-10-18-27)42(46(52,53)54)34(62-31)21-29(61-33)37(41)25-13-5-1-6-14-25/h1-20,61-64H,21-24H2. The van der Waals surface area contributed by atoms with E-state index in [2.05, 4.69) is 19.9 Å². The Morgan fingerprint density at radius 2 is 0.422 bits per heavy atom. The van der Waals surface area contributed by atoms with Gasteiger partial charge in [-0.15, -0.1) is 0 Å². The summed E-state index contributed by atoms with van der Waals surface area (Å²) in [5.41, 5.74) is -11.7. The van der Waals surface area contributed by atoms with E-state index in [1.165, 1.54) is 121 Å². The smallest absolute Gasteiger partial charge is 0.361 e. The van der Waals surface area contributed by atoms with E-state index in [1.54, 1.807) is 0 Å². The first-order chi connectivity index (χ1) is 30.3. The van der Waals surface area contributed by atoms with Crippen LogP contribution in [0.1, 0.15) is 67.8 Å². The van der Waals surface area contributed by atoms with Gasteiger partial charge < -0.3 is 19.9 Å². The molecule has 9 rings (SSSR count). The maximum absolute atomic E-state index is 15.6. The molecule has 1 aliphatic rings. The third-order valence-electron chi connectivity index (χ3n) is 11.4. The fraction of sp³-hybridized carbons (Fsp3) is 0.167. The Balaban J connectivity index is 1.43. The second kappa shape index (κ2) is 15.5. The van der Waals surface area contributed by atoms with Gasteiger partial charge >= 0.3 is 24.7 Å². The molecule has 0 radical (unpaired) electrons. The largest absolute Gasteiger partial charge is 0.418 e. The van der Waals surface area contributed by atoms with Gasteiger partial charge in [0.25, 0.3) is 0 Å². The molecule has 5 heterocycles. The topological polar surface area (TPSA) is 63.2 Å². The zero-order valence-electron chi connectivity index (χ0n) is 32.9. The molecular weight excluding hydrogens is 861 g/mol. The van der Waals surface area contributed by atoms with Crippen molar-refractivity contribution < 1.29 is 52.7 Å². The third-order valence-corrected chi connectivity index (χ3v) is 11.4. The molecule has 4 aromatic heterocycles. The molecule has 1 aliphatic heterocycles. The normalized spacial score (nSPS) is 13.7. The van der Waals surface area contributed by atoms with Crippen molar-refractivity contribution in [2.45, 2.75) is 50.4 Å². The number of H-pyrrole nitrogens is 4. The predicted molar refractivity (Wildman–Crippen MR) is 216 cm³/mol. The number of halogens is 12. The van der Waals surface area contributed by atoms with Crippen molar-refractivity contribution in [3.05, 3.63) is 189 Å². The van der Waals surface area contributed by atoms with Crippen molar-refractivity contribution in [2.75, 3.05) is 0 Å². The van der Waals surface area contributed by atoms with E-state index in [9.17, 15) is 0 Å².